The molecule has 0 radical (unpaired) electrons. The van der Waals surface area contributed by atoms with Crippen molar-refractivity contribution in [1.29, 1.82) is 0 Å². The van der Waals surface area contributed by atoms with E-state index in [9.17, 15) is 4.79 Å². The van der Waals surface area contributed by atoms with E-state index in [-0.39, 0.29) is 30.3 Å². The van der Waals surface area contributed by atoms with Gasteiger partial charge in [0.1, 0.15) is 0 Å². The first-order valence-electron chi connectivity index (χ1n) is 7.35. The van der Waals surface area contributed by atoms with E-state index in [1.807, 2.05) is 0 Å². The molecule has 1 fully saturated rings. The molecule has 1 aromatic rings. The quantitative estimate of drug-likeness (QED) is 0.899. The lowest BCUT2D eigenvalue weighted by molar-refractivity contribution is -0.124. The number of fused-ring (bicyclic) bond motifs is 1. The molecule has 3 atom stereocenters. The van der Waals surface area contributed by atoms with Gasteiger partial charge >= 0.3 is 0 Å². The number of hydrogen-bond donors (Lipinski definition) is 2. The van der Waals surface area contributed by atoms with Crippen LogP contribution in [0.3, 0.4) is 0 Å². The Kier molecular flexibility index (Phi) is 5.06. The van der Waals surface area contributed by atoms with Gasteiger partial charge in [-0.1, -0.05) is 24.3 Å². The summed E-state index contributed by atoms with van der Waals surface area (Å²) in [7, 11) is 0. The van der Waals surface area contributed by atoms with Crippen LogP contribution >= 0.6 is 12.4 Å². The number of carbonyl (C=O) groups is 1. The van der Waals surface area contributed by atoms with E-state index < -0.39 is 0 Å². The molecule has 3 N–H and O–H groups in total. The number of benzene rings is 1. The SMILES string of the molecule is Cl.NC1CCC(C(=O)NCC2CCc3ccccc32)C1. The third kappa shape index (κ3) is 3.15. The maximum atomic E-state index is 12.1. The largest absolute Gasteiger partial charge is 0.355 e. The monoisotopic (exact) mass is 294 g/mol. The summed E-state index contributed by atoms with van der Waals surface area (Å²) in [6.07, 6.45) is 5.10. The van der Waals surface area contributed by atoms with Gasteiger partial charge in [-0.25, -0.2) is 0 Å². The van der Waals surface area contributed by atoms with Crippen LogP contribution in [0, 0.1) is 5.92 Å². The molecule has 0 heterocycles. The molecule has 0 aromatic heterocycles. The molecule has 3 rings (SSSR count). The van der Waals surface area contributed by atoms with E-state index in [4.69, 9.17) is 5.73 Å². The molecule has 2 aliphatic rings. The Morgan fingerprint density at radius 3 is 2.80 bits per heavy atom. The Morgan fingerprint density at radius 1 is 1.25 bits per heavy atom. The molecule has 0 bridgehead atoms. The molecule has 20 heavy (non-hydrogen) atoms. The smallest absolute Gasteiger partial charge is 0.223 e. The van der Waals surface area contributed by atoms with E-state index in [2.05, 4.69) is 29.6 Å². The van der Waals surface area contributed by atoms with Gasteiger partial charge in [0, 0.05) is 24.4 Å². The Hall–Kier alpha value is -1.06. The van der Waals surface area contributed by atoms with E-state index in [0.29, 0.717) is 5.92 Å². The zero-order chi connectivity index (χ0) is 13.2. The van der Waals surface area contributed by atoms with Gasteiger partial charge in [-0.2, -0.15) is 0 Å². The number of nitrogens with one attached hydrogen (secondary N) is 1. The number of nitrogens with two attached hydrogens (primary N) is 1. The lowest BCUT2D eigenvalue weighted by Crippen LogP contribution is -2.33. The second-order valence-electron chi connectivity index (χ2n) is 5.95. The average molecular weight is 295 g/mol. The van der Waals surface area contributed by atoms with Crippen molar-refractivity contribution in [3.05, 3.63) is 35.4 Å². The first-order chi connectivity index (χ1) is 9.24. The van der Waals surface area contributed by atoms with Gasteiger partial charge < -0.3 is 11.1 Å². The Morgan fingerprint density at radius 2 is 2.05 bits per heavy atom. The number of aryl methyl sites for hydroxylation is 1. The van der Waals surface area contributed by atoms with Crippen LogP contribution in [0.25, 0.3) is 0 Å². The summed E-state index contributed by atoms with van der Waals surface area (Å²) in [5.74, 6) is 0.846. The van der Waals surface area contributed by atoms with Crippen molar-refractivity contribution in [2.75, 3.05) is 6.54 Å². The van der Waals surface area contributed by atoms with Gasteiger partial charge in [0.15, 0.2) is 0 Å². The Bertz CT molecular complexity index is 477. The van der Waals surface area contributed by atoms with E-state index in [1.54, 1.807) is 0 Å². The lowest BCUT2D eigenvalue weighted by Gasteiger charge is -2.15. The van der Waals surface area contributed by atoms with Crippen molar-refractivity contribution >= 4 is 18.3 Å². The summed E-state index contributed by atoms with van der Waals surface area (Å²) in [5.41, 5.74) is 8.74. The van der Waals surface area contributed by atoms with Crippen molar-refractivity contribution in [3.63, 3.8) is 0 Å². The van der Waals surface area contributed by atoms with Gasteiger partial charge in [0.2, 0.25) is 5.91 Å². The number of carbonyl (C=O) groups excluding carboxylic acids is 1. The fourth-order valence-corrected chi connectivity index (χ4v) is 3.48. The van der Waals surface area contributed by atoms with Crippen LogP contribution in [0.1, 0.15) is 42.7 Å². The zero-order valence-corrected chi connectivity index (χ0v) is 12.5. The van der Waals surface area contributed by atoms with Gasteiger partial charge in [-0.3, -0.25) is 4.79 Å². The first kappa shape index (κ1) is 15.3. The molecule has 2 aliphatic carbocycles. The molecule has 3 nitrogen and oxygen atoms in total. The number of amides is 1. The first-order valence-corrected chi connectivity index (χ1v) is 7.35. The third-order valence-electron chi connectivity index (χ3n) is 4.62. The fraction of sp³-hybridized carbons (Fsp3) is 0.562. The Labute approximate surface area is 126 Å². The van der Waals surface area contributed by atoms with Crippen LogP contribution in [0.4, 0.5) is 0 Å². The molecular formula is C16H23ClN2O. The van der Waals surface area contributed by atoms with Crippen molar-refractivity contribution in [2.45, 2.75) is 44.1 Å². The maximum Gasteiger partial charge on any atom is 0.223 e. The minimum atomic E-state index is 0. The van der Waals surface area contributed by atoms with Crippen LogP contribution in [0.5, 0.6) is 0 Å². The molecule has 0 aliphatic heterocycles. The highest BCUT2D eigenvalue weighted by Gasteiger charge is 2.29. The summed E-state index contributed by atoms with van der Waals surface area (Å²) in [4.78, 5) is 12.1. The third-order valence-corrected chi connectivity index (χ3v) is 4.62. The molecule has 0 saturated heterocycles. The van der Waals surface area contributed by atoms with Crippen LogP contribution < -0.4 is 11.1 Å². The van der Waals surface area contributed by atoms with Crippen molar-refractivity contribution in [3.8, 4) is 0 Å². The van der Waals surface area contributed by atoms with E-state index in [1.165, 1.54) is 11.1 Å². The summed E-state index contributed by atoms with van der Waals surface area (Å²) in [6, 6.07) is 8.81. The summed E-state index contributed by atoms with van der Waals surface area (Å²) < 4.78 is 0. The van der Waals surface area contributed by atoms with E-state index >= 15 is 0 Å². The standard InChI is InChI=1S/C16H22N2O.ClH/c17-14-8-7-12(9-14)16(19)18-10-13-6-5-11-3-1-2-4-15(11)13;/h1-4,12-14H,5-10,17H2,(H,18,19);1H. The van der Waals surface area contributed by atoms with Crippen molar-refractivity contribution < 1.29 is 4.79 Å². The topological polar surface area (TPSA) is 55.1 Å². The molecular weight excluding hydrogens is 272 g/mol. The summed E-state index contributed by atoms with van der Waals surface area (Å²) in [6.45, 7) is 0.779. The number of rotatable bonds is 3. The molecule has 0 spiro atoms. The fourth-order valence-electron chi connectivity index (χ4n) is 3.48. The van der Waals surface area contributed by atoms with Gasteiger partial charge in [0.05, 0.1) is 0 Å². The predicted molar refractivity (Wildman–Crippen MR) is 83.1 cm³/mol. The second kappa shape index (κ2) is 6.59. The van der Waals surface area contributed by atoms with Crippen LogP contribution in [0.15, 0.2) is 24.3 Å². The maximum absolute atomic E-state index is 12.1. The molecule has 110 valence electrons. The Balaban J connectivity index is 0.00000147. The average Bonchev–Trinajstić information content (AvgIpc) is 3.02. The molecule has 3 unspecified atom stereocenters. The highest BCUT2D eigenvalue weighted by atomic mass is 35.5. The minimum absolute atomic E-state index is 0. The van der Waals surface area contributed by atoms with Gasteiger partial charge in [-0.05, 0) is 43.2 Å². The number of hydrogen-bond acceptors (Lipinski definition) is 2. The highest BCUT2D eigenvalue weighted by Crippen LogP contribution is 2.32. The second-order valence-corrected chi connectivity index (χ2v) is 5.95. The molecule has 1 aromatic carbocycles. The molecule has 4 heteroatoms. The zero-order valence-electron chi connectivity index (χ0n) is 11.7. The van der Waals surface area contributed by atoms with Crippen molar-refractivity contribution in [2.24, 2.45) is 11.7 Å². The van der Waals surface area contributed by atoms with Gasteiger partial charge in [-0.15, -0.1) is 12.4 Å². The normalized spacial score (nSPS) is 27.8. The minimum Gasteiger partial charge on any atom is -0.355 e. The van der Waals surface area contributed by atoms with Crippen LogP contribution in [-0.2, 0) is 11.2 Å². The molecule has 1 saturated carbocycles. The predicted octanol–water partition coefficient (Wildman–Crippen LogP) is 2.38. The lowest BCUT2D eigenvalue weighted by atomic mass is 10.0. The summed E-state index contributed by atoms with van der Waals surface area (Å²) >= 11 is 0. The van der Waals surface area contributed by atoms with E-state index in [0.717, 1.165) is 38.6 Å². The van der Waals surface area contributed by atoms with Crippen LogP contribution in [0.2, 0.25) is 0 Å². The summed E-state index contributed by atoms with van der Waals surface area (Å²) in [5, 5.41) is 3.13. The molecule has 1 amide bonds. The number of halogens is 1. The van der Waals surface area contributed by atoms with Crippen LogP contribution in [-0.4, -0.2) is 18.5 Å². The van der Waals surface area contributed by atoms with Gasteiger partial charge in [0.25, 0.3) is 0 Å². The highest BCUT2D eigenvalue weighted by molar-refractivity contribution is 5.85. The van der Waals surface area contributed by atoms with Crippen molar-refractivity contribution in [1.82, 2.24) is 5.32 Å².